The molecule has 1 amide bonds. The lowest BCUT2D eigenvalue weighted by Gasteiger charge is -2.17. The summed E-state index contributed by atoms with van der Waals surface area (Å²) >= 11 is 0. The molecule has 0 aliphatic carbocycles. The Morgan fingerprint density at radius 3 is 2.33 bits per heavy atom. The molecule has 3 rings (SSSR count). The minimum Gasteiger partial charge on any atom is -0.493 e. The highest BCUT2D eigenvalue weighted by Gasteiger charge is 2.15. The zero-order valence-corrected chi connectivity index (χ0v) is 17.8. The second-order valence-corrected chi connectivity index (χ2v) is 7.47. The average molecular weight is 405 g/mol. The Bertz CT molecular complexity index is 973. The third kappa shape index (κ3) is 5.35. The van der Waals surface area contributed by atoms with Gasteiger partial charge in [0.1, 0.15) is 0 Å². The predicted octanol–water partition coefficient (Wildman–Crippen LogP) is 4.68. The van der Waals surface area contributed by atoms with Gasteiger partial charge in [0.15, 0.2) is 17.3 Å². The number of amides is 1. The van der Waals surface area contributed by atoms with Crippen molar-refractivity contribution in [3.05, 3.63) is 72.1 Å². The van der Waals surface area contributed by atoms with Crippen molar-refractivity contribution in [2.75, 3.05) is 13.7 Å². The third-order valence-electron chi connectivity index (χ3n) is 4.55. The summed E-state index contributed by atoms with van der Waals surface area (Å²) in [5.41, 5.74) is 2.23. The van der Waals surface area contributed by atoms with Crippen molar-refractivity contribution in [1.29, 1.82) is 0 Å². The van der Waals surface area contributed by atoms with Crippen molar-refractivity contribution in [2.45, 2.75) is 26.8 Å². The molecule has 0 aliphatic rings. The number of rotatable bonds is 8. The van der Waals surface area contributed by atoms with E-state index in [1.165, 1.54) is 0 Å². The van der Waals surface area contributed by atoms with Gasteiger partial charge in [-0.15, -0.1) is 0 Å². The summed E-state index contributed by atoms with van der Waals surface area (Å²) in [6.07, 6.45) is 3.08. The van der Waals surface area contributed by atoms with Crippen LogP contribution in [-0.4, -0.2) is 29.6 Å². The van der Waals surface area contributed by atoms with Crippen LogP contribution >= 0.6 is 0 Å². The van der Waals surface area contributed by atoms with Crippen LogP contribution in [0.15, 0.2) is 60.9 Å². The molecule has 0 fully saturated rings. The summed E-state index contributed by atoms with van der Waals surface area (Å²) < 4.78 is 11.2. The van der Waals surface area contributed by atoms with Gasteiger partial charge in [-0.1, -0.05) is 50.2 Å². The number of carbonyl (C=O) groups excluding carboxylic acids is 1. The smallest absolute Gasteiger partial charge is 0.254 e. The first kappa shape index (κ1) is 21.3. The Hall–Kier alpha value is -3.41. The lowest BCUT2D eigenvalue weighted by molar-refractivity contribution is 0.0939. The first-order chi connectivity index (χ1) is 14.5. The molecule has 30 heavy (non-hydrogen) atoms. The van der Waals surface area contributed by atoms with Crippen molar-refractivity contribution in [2.24, 2.45) is 5.92 Å². The Morgan fingerprint density at radius 1 is 1.00 bits per heavy atom. The third-order valence-corrected chi connectivity index (χ3v) is 4.55. The molecule has 6 nitrogen and oxygen atoms in total. The zero-order valence-electron chi connectivity index (χ0n) is 17.8. The molecule has 0 spiro atoms. The quantitative estimate of drug-likeness (QED) is 0.589. The van der Waals surface area contributed by atoms with Gasteiger partial charge in [0.25, 0.3) is 5.91 Å². The summed E-state index contributed by atoms with van der Waals surface area (Å²) in [4.78, 5) is 21.3. The fourth-order valence-corrected chi connectivity index (χ4v) is 2.87. The Kier molecular flexibility index (Phi) is 7.01. The van der Waals surface area contributed by atoms with Crippen LogP contribution in [0.25, 0.3) is 11.4 Å². The van der Waals surface area contributed by atoms with E-state index in [2.05, 4.69) is 29.1 Å². The predicted molar refractivity (Wildman–Crippen MR) is 117 cm³/mol. The van der Waals surface area contributed by atoms with Gasteiger partial charge in [-0.05, 0) is 30.5 Å². The van der Waals surface area contributed by atoms with Gasteiger partial charge in [-0.25, -0.2) is 9.97 Å². The van der Waals surface area contributed by atoms with Crippen LogP contribution in [0.4, 0.5) is 0 Å². The molecule has 156 valence electrons. The first-order valence-electron chi connectivity index (χ1n) is 9.97. The summed E-state index contributed by atoms with van der Waals surface area (Å²) in [6, 6.07) is 15.1. The van der Waals surface area contributed by atoms with E-state index in [9.17, 15) is 4.79 Å². The molecule has 1 aromatic heterocycles. The van der Waals surface area contributed by atoms with E-state index in [1.807, 2.05) is 55.5 Å². The van der Waals surface area contributed by atoms with Gasteiger partial charge in [0.05, 0.1) is 25.3 Å². The van der Waals surface area contributed by atoms with Crippen LogP contribution in [0.5, 0.6) is 11.5 Å². The SMILES string of the molecule is COc1cc(C(C)NC(=O)c2cnc(-c3ccccc3)nc2)ccc1OCC(C)C. The summed E-state index contributed by atoms with van der Waals surface area (Å²) in [5.74, 6) is 2.11. The van der Waals surface area contributed by atoms with Crippen LogP contribution in [0, 0.1) is 5.92 Å². The molecule has 0 bridgehead atoms. The number of nitrogens with one attached hydrogen (secondary N) is 1. The van der Waals surface area contributed by atoms with Crippen LogP contribution in [0.3, 0.4) is 0 Å². The molecule has 1 N–H and O–H groups in total. The van der Waals surface area contributed by atoms with Gasteiger partial charge >= 0.3 is 0 Å². The van der Waals surface area contributed by atoms with Gasteiger partial charge < -0.3 is 14.8 Å². The van der Waals surface area contributed by atoms with Gasteiger partial charge in [-0.2, -0.15) is 0 Å². The average Bonchev–Trinajstić information content (AvgIpc) is 2.78. The molecule has 1 atom stereocenters. The van der Waals surface area contributed by atoms with Gasteiger partial charge in [0.2, 0.25) is 0 Å². The van der Waals surface area contributed by atoms with Crippen LogP contribution in [0.1, 0.15) is 42.7 Å². The van der Waals surface area contributed by atoms with Crippen LogP contribution in [-0.2, 0) is 0 Å². The molecule has 0 saturated carbocycles. The summed E-state index contributed by atoms with van der Waals surface area (Å²) in [7, 11) is 1.61. The number of nitrogens with zero attached hydrogens (tertiary/aromatic N) is 2. The zero-order chi connectivity index (χ0) is 21.5. The topological polar surface area (TPSA) is 73.3 Å². The second-order valence-electron chi connectivity index (χ2n) is 7.47. The van der Waals surface area contributed by atoms with E-state index < -0.39 is 0 Å². The van der Waals surface area contributed by atoms with Crippen molar-refractivity contribution in [1.82, 2.24) is 15.3 Å². The van der Waals surface area contributed by atoms with E-state index in [0.717, 1.165) is 11.1 Å². The Balaban J connectivity index is 1.67. The van der Waals surface area contributed by atoms with Crippen LogP contribution < -0.4 is 14.8 Å². The number of aromatic nitrogens is 2. The highest BCUT2D eigenvalue weighted by Crippen LogP contribution is 2.30. The molecule has 0 aliphatic heterocycles. The van der Waals surface area contributed by atoms with E-state index in [4.69, 9.17) is 9.47 Å². The standard InChI is InChI=1S/C24H27N3O3/c1-16(2)15-30-21-11-10-19(12-22(21)29-4)17(3)27-24(28)20-13-25-23(26-14-20)18-8-6-5-7-9-18/h5-14,16-17H,15H2,1-4H3,(H,27,28). The normalized spacial score (nSPS) is 11.8. The fraction of sp³-hybridized carbons (Fsp3) is 0.292. The Labute approximate surface area is 177 Å². The van der Waals surface area contributed by atoms with Crippen LogP contribution in [0.2, 0.25) is 0 Å². The van der Waals surface area contributed by atoms with E-state index in [-0.39, 0.29) is 11.9 Å². The molecule has 3 aromatic rings. The first-order valence-corrected chi connectivity index (χ1v) is 9.97. The molecular weight excluding hydrogens is 378 g/mol. The number of methoxy groups -OCH3 is 1. The molecule has 2 aromatic carbocycles. The molecular formula is C24H27N3O3. The van der Waals surface area contributed by atoms with Crippen molar-refractivity contribution < 1.29 is 14.3 Å². The monoisotopic (exact) mass is 405 g/mol. The molecule has 0 radical (unpaired) electrons. The van der Waals surface area contributed by atoms with E-state index >= 15 is 0 Å². The fourth-order valence-electron chi connectivity index (χ4n) is 2.87. The van der Waals surface area contributed by atoms with Crippen molar-refractivity contribution >= 4 is 5.91 Å². The lowest BCUT2D eigenvalue weighted by Crippen LogP contribution is -2.27. The summed E-state index contributed by atoms with van der Waals surface area (Å²) in [6.45, 7) is 6.71. The lowest BCUT2D eigenvalue weighted by atomic mass is 10.1. The van der Waals surface area contributed by atoms with Crippen molar-refractivity contribution in [3.8, 4) is 22.9 Å². The summed E-state index contributed by atoms with van der Waals surface area (Å²) in [5, 5.41) is 2.98. The van der Waals surface area contributed by atoms with Gasteiger partial charge in [0, 0.05) is 18.0 Å². The van der Waals surface area contributed by atoms with Crippen molar-refractivity contribution in [3.63, 3.8) is 0 Å². The number of hydrogen-bond acceptors (Lipinski definition) is 5. The minimum atomic E-state index is -0.235. The van der Waals surface area contributed by atoms with E-state index in [1.54, 1.807) is 19.5 Å². The number of carbonyl (C=O) groups is 1. The molecule has 0 saturated heterocycles. The maximum absolute atomic E-state index is 12.6. The minimum absolute atomic E-state index is 0.223. The number of benzene rings is 2. The second kappa shape index (κ2) is 9.87. The molecule has 1 heterocycles. The van der Waals surface area contributed by atoms with E-state index in [0.29, 0.717) is 35.4 Å². The van der Waals surface area contributed by atoms with Gasteiger partial charge in [-0.3, -0.25) is 4.79 Å². The number of hydrogen-bond donors (Lipinski definition) is 1. The molecule has 6 heteroatoms. The highest BCUT2D eigenvalue weighted by atomic mass is 16.5. The Morgan fingerprint density at radius 2 is 1.70 bits per heavy atom. The molecule has 1 unspecified atom stereocenters. The number of ether oxygens (including phenoxy) is 2. The highest BCUT2D eigenvalue weighted by molar-refractivity contribution is 5.94. The largest absolute Gasteiger partial charge is 0.493 e. The maximum atomic E-state index is 12.6. The maximum Gasteiger partial charge on any atom is 0.254 e.